The molecule has 1 aliphatic carbocycles. The van der Waals surface area contributed by atoms with Gasteiger partial charge in [-0.2, -0.15) is 0 Å². The Morgan fingerprint density at radius 3 is 2.15 bits per heavy atom. The standard InChI is InChI=1S/C44H57N5O4SSi/c1-32(2)49-34(4)46-30-42(49)41-25-26-45-43(48-41)47-40-24-23-37(29-33(40)3)54(50,51)28-14-27-52-36-21-19-35(20-22-36)31-53-55(44(5,6)7,38-15-10-8-11-16-38)39-17-12-9-13-18-39/h8-13,15-18,23-26,29-30,32,35-36H,14,19-22,27-28,31H2,1-7H3,(H,45,47,48). The molecule has 1 fully saturated rings. The molecule has 9 nitrogen and oxygen atoms in total. The predicted molar refractivity (Wildman–Crippen MR) is 225 cm³/mol. The van der Waals surface area contributed by atoms with Crippen LogP contribution in [0.15, 0.2) is 102 Å². The van der Waals surface area contributed by atoms with E-state index in [1.807, 2.05) is 26.1 Å². The van der Waals surface area contributed by atoms with E-state index in [-0.39, 0.29) is 22.9 Å². The van der Waals surface area contributed by atoms with Crippen molar-refractivity contribution in [3.05, 3.63) is 109 Å². The number of anilines is 2. The summed E-state index contributed by atoms with van der Waals surface area (Å²) in [4.78, 5) is 13.9. The van der Waals surface area contributed by atoms with E-state index in [9.17, 15) is 8.42 Å². The second-order valence-corrected chi connectivity index (χ2v) is 22.6. The zero-order valence-electron chi connectivity index (χ0n) is 33.5. The van der Waals surface area contributed by atoms with Crippen LogP contribution in [0.1, 0.15) is 84.2 Å². The molecule has 1 aliphatic rings. The Balaban J connectivity index is 0.989. The molecule has 0 atom stereocenters. The van der Waals surface area contributed by atoms with Gasteiger partial charge in [0, 0.05) is 31.1 Å². The van der Waals surface area contributed by atoms with Crippen LogP contribution in [0.5, 0.6) is 0 Å². The highest BCUT2D eigenvalue weighted by Gasteiger charge is 2.50. The number of imidazole rings is 1. The van der Waals surface area contributed by atoms with Gasteiger partial charge in [-0.15, -0.1) is 0 Å². The van der Waals surface area contributed by atoms with E-state index in [1.54, 1.807) is 24.4 Å². The van der Waals surface area contributed by atoms with Crippen molar-refractivity contribution in [3.63, 3.8) is 0 Å². The molecule has 1 N–H and O–H groups in total. The summed E-state index contributed by atoms with van der Waals surface area (Å²) in [6.45, 7) is 16.2. The lowest BCUT2D eigenvalue weighted by molar-refractivity contribution is 0.0129. The van der Waals surface area contributed by atoms with Crippen LogP contribution in [-0.4, -0.2) is 61.3 Å². The van der Waals surface area contributed by atoms with Gasteiger partial charge in [-0.05, 0) is 111 Å². The number of sulfone groups is 1. The first-order valence-electron chi connectivity index (χ1n) is 19.6. The molecule has 292 valence electrons. The minimum absolute atomic E-state index is 0.0367. The predicted octanol–water partition coefficient (Wildman–Crippen LogP) is 8.60. The van der Waals surface area contributed by atoms with Crippen LogP contribution in [0, 0.1) is 19.8 Å². The van der Waals surface area contributed by atoms with Gasteiger partial charge in [0.2, 0.25) is 5.95 Å². The molecular weight excluding hydrogens is 723 g/mol. The molecule has 0 radical (unpaired) electrons. The number of benzene rings is 3. The number of nitrogens with one attached hydrogen (secondary N) is 1. The molecule has 0 amide bonds. The van der Waals surface area contributed by atoms with Gasteiger partial charge in [0.25, 0.3) is 8.32 Å². The van der Waals surface area contributed by atoms with E-state index in [0.717, 1.165) is 60.8 Å². The Morgan fingerprint density at radius 2 is 1.55 bits per heavy atom. The lowest BCUT2D eigenvalue weighted by Gasteiger charge is -2.44. The van der Waals surface area contributed by atoms with E-state index < -0.39 is 18.2 Å². The minimum atomic E-state index is -3.48. The molecule has 0 bridgehead atoms. The average Bonchev–Trinajstić information content (AvgIpc) is 3.57. The summed E-state index contributed by atoms with van der Waals surface area (Å²) in [7, 11) is -6.04. The molecule has 0 saturated heterocycles. The molecule has 2 heterocycles. The number of nitrogens with zero attached hydrogens (tertiary/aromatic N) is 4. The van der Waals surface area contributed by atoms with Gasteiger partial charge in [-0.3, -0.25) is 0 Å². The fourth-order valence-electron chi connectivity index (χ4n) is 8.03. The van der Waals surface area contributed by atoms with E-state index in [0.29, 0.717) is 29.8 Å². The van der Waals surface area contributed by atoms with Crippen molar-refractivity contribution in [3.8, 4) is 11.4 Å². The number of rotatable bonds is 15. The van der Waals surface area contributed by atoms with E-state index in [4.69, 9.17) is 14.1 Å². The van der Waals surface area contributed by atoms with E-state index in [1.165, 1.54) is 10.4 Å². The van der Waals surface area contributed by atoms with Crippen LogP contribution in [0.3, 0.4) is 0 Å². The lowest BCUT2D eigenvalue weighted by atomic mass is 9.88. The maximum absolute atomic E-state index is 13.3. The SMILES string of the molecule is Cc1cc(S(=O)(=O)CCCOC2CCC(CO[Si](c3ccccc3)(c3ccccc3)C(C)(C)C)CC2)ccc1Nc1nccc(-c2cnc(C)n2C(C)C)n1. The van der Waals surface area contributed by atoms with Gasteiger partial charge in [0.1, 0.15) is 5.82 Å². The van der Waals surface area contributed by atoms with Crippen LogP contribution in [-0.2, 0) is 19.0 Å². The van der Waals surface area contributed by atoms with Gasteiger partial charge in [-0.1, -0.05) is 81.4 Å². The molecule has 0 aliphatic heterocycles. The molecule has 0 spiro atoms. The number of aromatic nitrogens is 4. The first-order valence-corrected chi connectivity index (χ1v) is 23.2. The molecule has 2 aromatic heterocycles. The molecular formula is C44H57N5O4SSi. The van der Waals surface area contributed by atoms with Crippen molar-refractivity contribution in [2.75, 3.05) is 24.3 Å². The van der Waals surface area contributed by atoms with Crippen LogP contribution in [0.4, 0.5) is 11.6 Å². The second kappa shape index (κ2) is 17.3. The van der Waals surface area contributed by atoms with E-state index in [2.05, 4.69) is 115 Å². The van der Waals surface area contributed by atoms with Crippen LogP contribution in [0.2, 0.25) is 5.04 Å². The first-order chi connectivity index (χ1) is 26.3. The van der Waals surface area contributed by atoms with Crippen molar-refractivity contribution < 1.29 is 17.6 Å². The highest BCUT2D eigenvalue weighted by atomic mass is 32.2. The Morgan fingerprint density at radius 1 is 0.891 bits per heavy atom. The lowest BCUT2D eigenvalue weighted by Crippen LogP contribution is -2.67. The number of hydrogen-bond donors (Lipinski definition) is 1. The van der Waals surface area contributed by atoms with Crippen LogP contribution >= 0.6 is 0 Å². The smallest absolute Gasteiger partial charge is 0.261 e. The molecule has 11 heteroatoms. The minimum Gasteiger partial charge on any atom is -0.407 e. The third kappa shape index (κ3) is 9.28. The summed E-state index contributed by atoms with van der Waals surface area (Å²) in [5, 5.41) is 5.84. The molecule has 6 rings (SSSR count). The Hall–Kier alpha value is -4.16. The summed E-state index contributed by atoms with van der Waals surface area (Å²) in [6.07, 6.45) is 8.14. The summed E-state index contributed by atoms with van der Waals surface area (Å²) in [5.74, 6) is 1.86. The number of ether oxygens (including phenoxy) is 1. The zero-order chi connectivity index (χ0) is 39.2. The topological polar surface area (TPSA) is 108 Å². The van der Waals surface area contributed by atoms with Crippen molar-refractivity contribution in [2.45, 2.75) is 103 Å². The molecule has 1 saturated carbocycles. The normalized spacial score (nSPS) is 16.7. The molecule has 55 heavy (non-hydrogen) atoms. The second-order valence-electron chi connectivity index (χ2n) is 16.2. The highest BCUT2D eigenvalue weighted by Crippen LogP contribution is 2.38. The van der Waals surface area contributed by atoms with Gasteiger partial charge in [0.05, 0.1) is 34.3 Å². The molecule has 5 aromatic rings. The van der Waals surface area contributed by atoms with E-state index >= 15 is 0 Å². The average molecular weight is 780 g/mol. The van der Waals surface area contributed by atoms with Gasteiger partial charge >= 0.3 is 0 Å². The maximum atomic E-state index is 13.3. The summed E-state index contributed by atoms with van der Waals surface area (Å²) >= 11 is 0. The largest absolute Gasteiger partial charge is 0.407 e. The highest BCUT2D eigenvalue weighted by molar-refractivity contribution is 7.91. The van der Waals surface area contributed by atoms with Crippen LogP contribution < -0.4 is 15.7 Å². The molecule has 3 aromatic carbocycles. The first kappa shape index (κ1) is 40.5. The number of hydrogen-bond acceptors (Lipinski definition) is 8. The zero-order valence-corrected chi connectivity index (χ0v) is 35.3. The Labute approximate surface area is 329 Å². The number of aryl methyl sites for hydroxylation is 2. The van der Waals surface area contributed by atoms with Crippen LogP contribution in [0.25, 0.3) is 11.4 Å². The fraction of sp³-hybridized carbons (Fsp3) is 0.432. The van der Waals surface area contributed by atoms with Gasteiger partial charge in [0.15, 0.2) is 9.84 Å². The summed E-state index contributed by atoms with van der Waals surface area (Å²) in [5.41, 5.74) is 3.23. The Bertz CT molecular complexity index is 2090. The molecule has 0 unspecified atom stereocenters. The fourth-order valence-corrected chi connectivity index (χ4v) is 14.0. The van der Waals surface area contributed by atoms with Gasteiger partial charge in [-0.25, -0.2) is 23.4 Å². The Kier molecular flexibility index (Phi) is 12.8. The third-order valence-corrected chi connectivity index (χ3v) is 17.7. The quantitative estimate of drug-likeness (QED) is 0.0832. The maximum Gasteiger partial charge on any atom is 0.261 e. The van der Waals surface area contributed by atoms with Crippen molar-refractivity contribution >= 4 is 40.2 Å². The van der Waals surface area contributed by atoms with Crippen molar-refractivity contribution in [1.29, 1.82) is 0 Å². The van der Waals surface area contributed by atoms with Crippen molar-refractivity contribution in [2.24, 2.45) is 5.92 Å². The monoisotopic (exact) mass is 779 g/mol. The van der Waals surface area contributed by atoms with Gasteiger partial charge < -0.3 is 19.0 Å². The summed E-state index contributed by atoms with van der Waals surface area (Å²) in [6, 6.07) is 28.9. The summed E-state index contributed by atoms with van der Waals surface area (Å²) < 4.78 is 42.3. The van der Waals surface area contributed by atoms with Crippen molar-refractivity contribution in [1.82, 2.24) is 19.5 Å². The third-order valence-electron chi connectivity index (χ3n) is 10.9.